The van der Waals surface area contributed by atoms with E-state index in [0.717, 1.165) is 16.7 Å². The zero-order chi connectivity index (χ0) is 35.8. The van der Waals surface area contributed by atoms with Crippen molar-refractivity contribution in [1.29, 1.82) is 0 Å². The SMILES string of the molecule is CC[C@@H](C)[C@@H](C(=O)N[C@@H](CC(N)=O)[C@@H]1O[C@H]2OC(C)(C)O[C@H]2[C@@H]1OCc1ccccc1)N(CCc1ccccc1)C(=O)Nc1ccccc1C. The lowest BCUT2D eigenvalue weighted by atomic mass is 9.94. The van der Waals surface area contributed by atoms with E-state index in [1.165, 1.54) is 0 Å². The van der Waals surface area contributed by atoms with Crippen LogP contribution in [0.2, 0.25) is 0 Å². The number of benzene rings is 3. The number of hydrogen-bond donors (Lipinski definition) is 3. The predicted octanol–water partition coefficient (Wildman–Crippen LogP) is 5.31. The normalized spacial score (nSPS) is 22.6. The number of nitrogens with one attached hydrogen (secondary N) is 2. The van der Waals surface area contributed by atoms with Crippen LogP contribution in [0, 0.1) is 12.8 Å². The van der Waals surface area contributed by atoms with Crippen LogP contribution in [0.25, 0.3) is 0 Å². The minimum absolute atomic E-state index is 0.225. The Balaban J connectivity index is 1.43. The number of anilines is 1. The van der Waals surface area contributed by atoms with Gasteiger partial charge in [0.15, 0.2) is 12.1 Å². The van der Waals surface area contributed by atoms with Gasteiger partial charge >= 0.3 is 6.03 Å². The second-order valence-corrected chi connectivity index (χ2v) is 13.6. The molecule has 2 heterocycles. The number of nitrogens with zero attached hydrogens (tertiary/aromatic N) is 1. The van der Waals surface area contributed by atoms with Gasteiger partial charge in [0.25, 0.3) is 0 Å². The first kappa shape index (κ1) is 37.0. The van der Waals surface area contributed by atoms with Crippen LogP contribution in [0.15, 0.2) is 84.9 Å². The molecule has 2 fully saturated rings. The van der Waals surface area contributed by atoms with Crippen molar-refractivity contribution in [2.45, 2.75) is 103 Å². The predicted molar refractivity (Wildman–Crippen MR) is 190 cm³/mol. The molecular formula is C39H50N4O7. The van der Waals surface area contributed by atoms with Gasteiger partial charge in [-0.3, -0.25) is 9.59 Å². The maximum atomic E-state index is 14.6. The molecule has 11 nitrogen and oxygen atoms in total. The van der Waals surface area contributed by atoms with Gasteiger partial charge in [-0.05, 0) is 55.9 Å². The lowest BCUT2D eigenvalue weighted by Crippen LogP contribution is -2.59. The van der Waals surface area contributed by atoms with Crippen LogP contribution < -0.4 is 16.4 Å². The van der Waals surface area contributed by atoms with Crippen LogP contribution in [0.3, 0.4) is 0 Å². The molecule has 3 aromatic carbocycles. The van der Waals surface area contributed by atoms with Gasteiger partial charge in [-0.1, -0.05) is 99.1 Å². The van der Waals surface area contributed by atoms with E-state index in [-0.39, 0.29) is 25.5 Å². The number of ether oxygens (including phenoxy) is 4. The third kappa shape index (κ3) is 9.28. The van der Waals surface area contributed by atoms with E-state index < -0.39 is 60.3 Å². The van der Waals surface area contributed by atoms with E-state index >= 15 is 0 Å². The molecule has 268 valence electrons. The molecule has 0 aromatic heterocycles. The first-order valence-electron chi connectivity index (χ1n) is 17.4. The maximum Gasteiger partial charge on any atom is 0.322 e. The Hall–Kier alpha value is -4.29. The van der Waals surface area contributed by atoms with Crippen molar-refractivity contribution in [3.63, 3.8) is 0 Å². The summed E-state index contributed by atoms with van der Waals surface area (Å²) < 4.78 is 25.1. The Morgan fingerprint density at radius 2 is 1.58 bits per heavy atom. The topological polar surface area (TPSA) is 141 Å². The van der Waals surface area contributed by atoms with E-state index in [9.17, 15) is 14.4 Å². The molecule has 3 aromatic rings. The number of urea groups is 1. The molecule has 2 aliphatic heterocycles. The monoisotopic (exact) mass is 686 g/mol. The Bertz CT molecular complexity index is 1590. The summed E-state index contributed by atoms with van der Waals surface area (Å²) >= 11 is 0. The van der Waals surface area contributed by atoms with Crippen molar-refractivity contribution in [1.82, 2.24) is 10.2 Å². The Kier molecular flexibility index (Phi) is 12.3. The van der Waals surface area contributed by atoms with E-state index in [4.69, 9.17) is 24.7 Å². The highest BCUT2D eigenvalue weighted by molar-refractivity contribution is 5.94. The lowest BCUT2D eigenvalue weighted by Gasteiger charge is -2.37. The van der Waals surface area contributed by atoms with E-state index in [2.05, 4.69) is 10.6 Å². The largest absolute Gasteiger partial charge is 0.370 e. The first-order chi connectivity index (χ1) is 24.0. The highest BCUT2D eigenvalue weighted by atomic mass is 16.8. The molecule has 0 bridgehead atoms. The third-order valence-corrected chi connectivity index (χ3v) is 9.38. The van der Waals surface area contributed by atoms with Gasteiger partial charge in [-0.15, -0.1) is 0 Å². The van der Waals surface area contributed by atoms with Gasteiger partial charge in [0, 0.05) is 18.7 Å². The third-order valence-electron chi connectivity index (χ3n) is 9.38. The zero-order valence-electron chi connectivity index (χ0n) is 29.5. The fraction of sp³-hybridized carbons (Fsp3) is 0.462. The summed E-state index contributed by atoms with van der Waals surface area (Å²) in [5.74, 6) is -2.21. The maximum absolute atomic E-state index is 14.6. The molecule has 0 aliphatic carbocycles. The summed E-state index contributed by atoms with van der Waals surface area (Å²) in [6, 6.07) is 24.8. The summed E-state index contributed by atoms with van der Waals surface area (Å²) in [6.07, 6.45) is -2.01. The molecule has 0 unspecified atom stereocenters. The Morgan fingerprint density at radius 3 is 2.22 bits per heavy atom. The molecule has 0 saturated carbocycles. The summed E-state index contributed by atoms with van der Waals surface area (Å²) in [5.41, 5.74) is 9.29. The van der Waals surface area contributed by atoms with Crippen molar-refractivity contribution in [3.8, 4) is 0 Å². The average molecular weight is 687 g/mol. The number of hydrogen-bond acceptors (Lipinski definition) is 7. The number of para-hydroxylation sites is 1. The van der Waals surface area contributed by atoms with Crippen LogP contribution in [0.1, 0.15) is 57.2 Å². The van der Waals surface area contributed by atoms with Gasteiger partial charge in [0.2, 0.25) is 11.8 Å². The molecular weight excluding hydrogens is 636 g/mol. The molecule has 0 spiro atoms. The highest BCUT2D eigenvalue weighted by Gasteiger charge is 2.57. The van der Waals surface area contributed by atoms with E-state index in [1.54, 1.807) is 18.7 Å². The van der Waals surface area contributed by atoms with Gasteiger partial charge < -0.3 is 40.2 Å². The Morgan fingerprint density at radius 1 is 0.940 bits per heavy atom. The molecule has 50 heavy (non-hydrogen) atoms. The van der Waals surface area contributed by atoms with Crippen molar-refractivity contribution in [3.05, 3.63) is 102 Å². The number of nitrogens with two attached hydrogens (primary N) is 1. The number of amides is 4. The first-order valence-corrected chi connectivity index (χ1v) is 17.4. The molecule has 2 saturated heterocycles. The van der Waals surface area contributed by atoms with E-state index in [1.807, 2.05) is 106 Å². The van der Waals surface area contributed by atoms with Crippen molar-refractivity contribution in [2.75, 3.05) is 11.9 Å². The molecule has 2 aliphatic rings. The number of rotatable bonds is 15. The number of aryl methyl sites for hydroxylation is 1. The fourth-order valence-corrected chi connectivity index (χ4v) is 6.61. The zero-order valence-corrected chi connectivity index (χ0v) is 29.5. The number of carbonyl (C=O) groups is 3. The second kappa shape index (κ2) is 16.6. The summed E-state index contributed by atoms with van der Waals surface area (Å²) in [5, 5.41) is 6.11. The number of fused-ring (bicyclic) bond motifs is 1. The van der Waals surface area contributed by atoms with Gasteiger partial charge in [0.05, 0.1) is 12.6 Å². The molecule has 4 N–H and O–H groups in total. The number of primary amides is 1. The van der Waals surface area contributed by atoms with Crippen LogP contribution in [0.4, 0.5) is 10.5 Å². The highest BCUT2D eigenvalue weighted by Crippen LogP contribution is 2.40. The fourth-order valence-electron chi connectivity index (χ4n) is 6.61. The van der Waals surface area contributed by atoms with Crippen LogP contribution >= 0.6 is 0 Å². The van der Waals surface area contributed by atoms with Crippen molar-refractivity contribution in [2.24, 2.45) is 11.7 Å². The minimum Gasteiger partial charge on any atom is -0.370 e. The molecule has 11 heteroatoms. The molecule has 7 atom stereocenters. The smallest absolute Gasteiger partial charge is 0.322 e. The Labute approximate surface area is 294 Å². The lowest BCUT2D eigenvalue weighted by molar-refractivity contribution is -0.222. The van der Waals surface area contributed by atoms with Gasteiger partial charge in [0.1, 0.15) is 24.4 Å². The minimum atomic E-state index is -0.914. The molecule has 0 radical (unpaired) electrons. The van der Waals surface area contributed by atoms with Crippen molar-refractivity contribution < 1.29 is 33.3 Å². The van der Waals surface area contributed by atoms with Gasteiger partial charge in [-0.25, -0.2) is 4.79 Å². The number of carbonyl (C=O) groups excluding carboxylic acids is 3. The summed E-state index contributed by atoms with van der Waals surface area (Å²) in [7, 11) is 0. The second-order valence-electron chi connectivity index (χ2n) is 13.6. The summed E-state index contributed by atoms with van der Waals surface area (Å²) in [6.45, 7) is 9.94. The average Bonchev–Trinajstić information content (AvgIpc) is 3.57. The quantitative estimate of drug-likeness (QED) is 0.197. The standard InChI is InChI=1S/C39H50N4O7/c1-6-25(2)32(43(22-21-27-16-9-7-10-17-27)38(46)42-29-20-14-13-15-26(29)3)36(45)41-30(23-31(40)44)33-34(47-24-28-18-11-8-12-19-28)35-37(48-33)50-39(4,5)49-35/h7-20,25,30,32-35,37H,6,21-24H2,1-5H3,(H2,40,44)(H,41,45)(H,42,46)/t25-,30+,32+,33+,34-,35+,37+/m1/s1. The van der Waals surface area contributed by atoms with Crippen LogP contribution in [0.5, 0.6) is 0 Å². The molecule has 4 amide bonds. The van der Waals surface area contributed by atoms with Crippen LogP contribution in [-0.2, 0) is 41.6 Å². The molecule has 5 rings (SSSR count). The van der Waals surface area contributed by atoms with Gasteiger partial charge in [-0.2, -0.15) is 0 Å². The van der Waals surface area contributed by atoms with E-state index in [0.29, 0.717) is 18.5 Å². The van der Waals surface area contributed by atoms with Crippen LogP contribution in [-0.4, -0.2) is 71.8 Å². The summed E-state index contributed by atoms with van der Waals surface area (Å²) in [4.78, 5) is 42.8. The van der Waals surface area contributed by atoms with Crippen molar-refractivity contribution >= 4 is 23.5 Å².